The van der Waals surface area contributed by atoms with E-state index in [9.17, 15) is 0 Å². The standard InChI is InChI=1S/C20H31N5O/c1-4-21-20(22-12-5-15-25-16-6-13-24-25)23-14-11-17(2)18-7-9-19(26-3)10-8-18/h6-10,13,16-17H,4-5,11-12,14-15H2,1-3H3,(H2,21,22,23). The summed E-state index contributed by atoms with van der Waals surface area (Å²) in [6.07, 6.45) is 5.80. The van der Waals surface area contributed by atoms with Crippen LogP contribution in [0.1, 0.15) is 38.2 Å². The summed E-state index contributed by atoms with van der Waals surface area (Å²) in [5.74, 6) is 2.27. The summed E-state index contributed by atoms with van der Waals surface area (Å²) in [6, 6.07) is 10.3. The van der Waals surface area contributed by atoms with Crippen molar-refractivity contribution in [3.63, 3.8) is 0 Å². The van der Waals surface area contributed by atoms with Crippen molar-refractivity contribution in [3.8, 4) is 5.75 Å². The SMILES string of the molecule is CCNC(=NCCCn1cccn1)NCCC(C)c1ccc(OC)cc1. The van der Waals surface area contributed by atoms with Crippen molar-refractivity contribution in [1.82, 2.24) is 20.4 Å². The molecule has 0 bridgehead atoms. The molecule has 0 aliphatic rings. The van der Waals surface area contributed by atoms with Crippen molar-refractivity contribution < 1.29 is 4.74 Å². The van der Waals surface area contributed by atoms with Crippen LogP contribution in [0.25, 0.3) is 0 Å². The lowest BCUT2D eigenvalue weighted by atomic mass is 9.98. The van der Waals surface area contributed by atoms with E-state index in [1.165, 1.54) is 5.56 Å². The van der Waals surface area contributed by atoms with Crippen molar-refractivity contribution in [3.05, 3.63) is 48.3 Å². The Morgan fingerprint density at radius 1 is 1.27 bits per heavy atom. The van der Waals surface area contributed by atoms with Crippen LogP contribution in [0.2, 0.25) is 0 Å². The smallest absolute Gasteiger partial charge is 0.191 e. The Kier molecular flexibility index (Phi) is 8.52. The number of nitrogens with zero attached hydrogens (tertiary/aromatic N) is 3. The summed E-state index contributed by atoms with van der Waals surface area (Å²) in [7, 11) is 1.69. The van der Waals surface area contributed by atoms with Gasteiger partial charge >= 0.3 is 0 Å². The molecule has 0 aliphatic carbocycles. The summed E-state index contributed by atoms with van der Waals surface area (Å²) in [6.45, 7) is 7.75. The molecule has 0 saturated carbocycles. The molecule has 2 aromatic rings. The fourth-order valence-corrected chi connectivity index (χ4v) is 2.70. The zero-order valence-corrected chi connectivity index (χ0v) is 16.1. The zero-order valence-electron chi connectivity index (χ0n) is 16.1. The fourth-order valence-electron chi connectivity index (χ4n) is 2.70. The van der Waals surface area contributed by atoms with Gasteiger partial charge in [0.15, 0.2) is 5.96 Å². The molecule has 2 N–H and O–H groups in total. The average molecular weight is 358 g/mol. The summed E-state index contributed by atoms with van der Waals surface area (Å²) < 4.78 is 7.15. The molecule has 6 heteroatoms. The van der Waals surface area contributed by atoms with Gasteiger partial charge in [-0.05, 0) is 49.4 Å². The molecule has 0 radical (unpaired) electrons. The maximum atomic E-state index is 5.22. The lowest BCUT2D eigenvalue weighted by Crippen LogP contribution is -2.38. The first-order valence-electron chi connectivity index (χ1n) is 9.36. The number of aryl methyl sites for hydroxylation is 1. The van der Waals surface area contributed by atoms with Crippen LogP contribution >= 0.6 is 0 Å². The summed E-state index contributed by atoms with van der Waals surface area (Å²) in [5.41, 5.74) is 1.33. The second-order valence-electron chi connectivity index (χ2n) is 6.27. The highest BCUT2D eigenvalue weighted by Gasteiger charge is 2.06. The van der Waals surface area contributed by atoms with Crippen LogP contribution in [0.5, 0.6) is 5.75 Å². The van der Waals surface area contributed by atoms with E-state index in [0.29, 0.717) is 5.92 Å². The third-order valence-corrected chi connectivity index (χ3v) is 4.27. The Morgan fingerprint density at radius 3 is 2.73 bits per heavy atom. The van der Waals surface area contributed by atoms with Gasteiger partial charge in [0.05, 0.1) is 7.11 Å². The van der Waals surface area contributed by atoms with E-state index in [1.807, 2.05) is 29.1 Å². The first-order chi connectivity index (χ1) is 12.7. The Balaban J connectivity index is 1.72. The Hall–Kier alpha value is -2.50. The van der Waals surface area contributed by atoms with Gasteiger partial charge in [-0.1, -0.05) is 19.1 Å². The highest BCUT2D eigenvalue weighted by atomic mass is 16.5. The third-order valence-electron chi connectivity index (χ3n) is 4.27. The number of benzene rings is 1. The highest BCUT2D eigenvalue weighted by molar-refractivity contribution is 5.79. The van der Waals surface area contributed by atoms with Gasteiger partial charge in [-0.15, -0.1) is 0 Å². The van der Waals surface area contributed by atoms with Crippen LogP contribution in [-0.2, 0) is 6.54 Å². The van der Waals surface area contributed by atoms with E-state index >= 15 is 0 Å². The van der Waals surface area contributed by atoms with E-state index in [4.69, 9.17) is 4.74 Å². The first-order valence-corrected chi connectivity index (χ1v) is 9.36. The molecule has 6 nitrogen and oxygen atoms in total. The van der Waals surface area contributed by atoms with Gasteiger partial charge in [-0.3, -0.25) is 9.67 Å². The molecule has 0 aliphatic heterocycles. The normalized spacial score (nSPS) is 12.7. The van der Waals surface area contributed by atoms with E-state index in [0.717, 1.165) is 50.7 Å². The molecule has 1 aromatic carbocycles. The monoisotopic (exact) mass is 357 g/mol. The van der Waals surface area contributed by atoms with Gasteiger partial charge in [0, 0.05) is 38.6 Å². The van der Waals surface area contributed by atoms with Crippen LogP contribution in [0.15, 0.2) is 47.7 Å². The van der Waals surface area contributed by atoms with Gasteiger partial charge in [0.2, 0.25) is 0 Å². The van der Waals surface area contributed by atoms with Crippen LogP contribution in [0, 0.1) is 0 Å². The molecule has 1 atom stereocenters. The zero-order chi connectivity index (χ0) is 18.6. The number of rotatable bonds is 10. The Labute approximate surface area is 156 Å². The second-order valence-corrected chi connectivity index (χ2v) is 6.27. The number of nitrogens with one attached hydrogen (secondary N) is 2. The largest absolute Gasteiger partial charge is 0.497 e. The maximum Gasteiger partial charge on any atom is 0.191 e. The maximum absolute atomic E-state index is 5.22. The minimum atomic E-state index is 0.482. The van der Waals surface area contributed by atoms with Crippen molar-refractivity contribution in [2.75, 3.05) is 26.7 Å². The molecule has 142 valence electrons. The van der Waals surface area contributed by atoms with Crippen molar-refractivity contribution in [1.29, 1.82) is 0 Å². The minimum Gasteiger partial charge on any atom is -0.497 e. The Bertz CT molecular complexity index is 637. The van der Waals surface area contributed by atoms with Crippen molar-refractivity contribution in [2.24, 2.45) is 4.99 Å². The van der Waals surface area contributed by atoms with Crippen LogP contribution in [0.3, 0.4) is 0 Å². The number of methoxy groups -OCH3 is 1. The van der Waals surface area contributed by atoms with Crippen LogP contribution in [-0.4, -0.2) is 42.5 Å². The lowest BCUT2D eigenvalue weighted by molar-refractivity contribution is 0.414. The van der Waals surface area contributed by atoms with Crippen LogP contribution < -0.4 is 15.4 Å². The predicted octanol–water partition coefficient (Wildman–Crippen LogP) is 3.03. The molecule has 1 unspecified atom stereocenters. The van der Waals surface area contributed by atoms with Gasteiger partial charge in [0.1, 0.15) is 5.75 Å². The van der Waals surface area contributed by atoms with E-state index in [1.54, 1.807) is 13.3 Å². The minimum absolute atomic E-state index is 0.482. The molecule has 0 amide bonds. The molecule has 1 heterocycles. The quantitative estimate of drug-likeness (QED) is 0.390. The molecular formula is C20H31N5O. The van der Waals surface area contributed by atoms with Gasteiger partial charge in [-0.25, -0.2) is 0 Å². The summed E-state index contributed by atoms with van der Waals surface area (Å²) >= 11 is 0. The number of ether oxygens (including phenoxy) is 1. The summed E-state index contributed by atoms with van der Waals surface area (Å²) in [4.78, 5) is 4.64. The van der Waals surface area contributed by atoms with E-state index in [2.05, 4.69) is 46.7 Å². The third kappa shape index (κ3) is 6.78. The fraction of sp³-hybridized carbons (Fsp3) is 0.500. The van der Waals surface area contributed by atoms with Crippen molar-refractivity contribution >= 4 is 5.96 Å². The second kappa shape index (κ2) is 11.2. The van der Waals surface area contributed by atoms with E-state index < -0.39 is 0 Å². The molecule has 1 aromatic heterocycles. The van der Waals surface area contributed by atoms with Crippen LogP contribution in [0.4, 0.5) is 0 Å². The number of aliphatic imine (C=N–C) groups is 1. The molecular weight excluding hydrogens is 326 g/mol. The van der Waals surface area contributed by atoms with Gasteiger partial charge in [0.25, 0.3) is 0 Å². The van der Waals surface area contributed by atoms with Crippen molar-refractivity contribution in [2.45, 2.75) is 39.2 Å². The Morgan fingerprint density at radius 2 is 2.08 bits per heavy atom. The van der Waals surface area contributed by atoms with Gasteiger partial charge in [-0.2, -0.15) is 5.10 Å². The number of aromatic nitrogens is 2. The molecule has 2 rings (SSSR count). The number of hydrogen-bond acceptors (Lipinski definition) is 3. The molecule has 0 spiro atoms. The topological polar surface area (TPSA) is 63.5 Å². The molecule has 0 saturated heterocycles. The van der Waals surface area contributed by atoms with E-state index in [-0.39, 0.29) is 0 Å². The predicted molar refractivity (Wildman–Crippen MR) is 107 cm³/mol. The number of hydrogen-bond donors (Lipinski definition) is 2. The summed E-state index contributed by atoms with van der Waals surface area (Å²) in [5, 5.41) is 10.9. The average Bonchev–Trinajstić information content (AvgIpc) is 3.18. The highest BCUT2D eigenvalue weighted by Crippen LogP contribution is 2.21. The first kappa shape index (κ1) is 19.8. The lowest BCUT2D eigenvalue weighted by Gasteiger charge is -2.15. The number of guanidine groups is 1. The molecule has 0 fully saturated rings. The molecule has 26 heavy (non-hydrogen) atoms. The van der Waals surface area contributed by atoms with Gasteiger partial charge < -0.3 is 15.4 Å².